The molecular formula is C12H15ClN2O. The molecule has 3 nitrogen and oxygen atoms in total. The van der Waals surface area contributed by atoms with Crippen LogP contribution in [0, 0.1) is 6.92 Å². The number of hydrogen-bond acceptors (Lipinski definition) is 2. The lowest BCUT2D eigenvalue weighted by Gasteiger charge is -2.00. The monoisotopic (exact) mass is 238 g/mol. The number of allylic oxidation sites excluding steroid dienone is 3. The van der Waals surface area contributed by atoms with Crippen molar-refractivity contribution >= 4 is 17.7 Å². The molecule has 0 aliphatic rings. The van der Waals surface area contributed by atoms with Crippen molar-refractivity contribution in [3.05, 3.63) is 44.6 Å². The van der Waals surface area contributed by atoms with Gasteiger partial charge >= 0.3 is 0 Å². The van der Waals surface area contributed by atoms with Crippen LogP contribution in [0.1, 0.15) is 31.8 Å². The van der Waals surface area contributed by atoms with Gasteiger partial charge in [0.05, 0.1) is 0 Å². The number of halogens is 1. The Labute approximate surface area is 99.9 Å². The molecule has 16 heavy (non-hydrogen) atoms. The molecule has 0 aliphatic carbocycles. The average molecular weight is 239 g/mol. The summed E-state index contributed by atoms with van der Waals surface area (Å²) in [6.07, 6.45) is 4.56. The number of nitrogens with zero attached hydrogens (tertiary/aromatic N) is 1. The van der Waals surface area contributed by atoms with Crippen LogP contribution in [-0.4, -0.2) is 9.97 Å². The van der Waals surface area contributed by atoms with Crippen molar-refractivity contribution in [1.82, 2.24) is 9.97 Å². The highest BCUT2D eigenvalue weighted by Crippen LogP contribution is 2.16. The molecule has 0 bridgehead atoms. The summed E-state index contributed by atoms with van der Waals surface area (Å²) in [5, 5.41) is 0.687. The second kappa shape index (κ2) is 5.66. The van der Waals surface area contributed by atoms with Crippen LogP contribution < -0.4 is 5.56 Å². The van der Waals surface area contributed by atoms with Gasteiger partial charge in [0.15, 0.2) is 0 Å². The van der Waals surface area contributed by atoms with Crippen LogP contribution in [0.2, 0.25) is 0 Å². The minimum absolute atomic E-state index is 0.151. The Morgan fingerprint density at radius 1 is 1.62 bits per heavy atom. The van der Waals surface area contributed by atoms with Gasteiger partial charge in [-0.15, -0.1) is 0 Å². The van der Waals surface area contributed by atoms with Crippen molar-refractivity contribution < 1.29 is 0 Å². The normalized spacial score (nSPS) is 13.0. The largest absolute Gasteiger partial charge is 0.307 e. The lowest BCUT2D eigenvalue weighted by atomic mass is 10.2. The third kappa shape index (κ3) is 3.66. The first-order chi connectivity index (χ1) is 7.52. The maximum Gasteiger partial charge on any atom is 0.251 e. The van der Waals surface area contributed by atoms with Gasteiger partial charge < -0.3 is 4.98 Å². The van der Waals surface area contributed by atoms with Gasteiger partial charge in [0.25, 0.3) is 5.56 Å². The fourth-order valence-electron chi connectivity index (χ4n) is 1.28. The Morgan fingerprint density at radius 3 is 2.88 bits per heavy atom. The fraction of sp³-hybridized carbons (Fsp3) is 0.333. The topological polar surface area (TPSA) is 45.8 Å². The Balaban J connectivity index is 3.07. The Hall–Kier alpha value is -1.35. The second-order valence-corrected chi connectivity index (χ2v) is 3.97. The molecule has 0 saturated carbocycles. The van der Waals surface area contributed by atoms with Gasteiger partial charge in [0.2, 0.25) is 0 Å². The number of aromatic nitrogens is 2. The SMILES string of the molecule is CC/C=C(Cl)/C(C)=C\c1nc(C)cc(=O)[nH]1. The standard InChI is InChI=1S/C12H15ClN2O/c1-4-5-10(13)8(2)6-11-14-9(3)7-12(16)15-11/h5-7H,4H2,1-3H3,(H,14,15,16)/b8-6-,10-5-. The van der Waals surface area contributed by atoms with Crippen molar-refractivity contribution in [1.29, 1.82) is 0 Å². The Morgan fingerprint density at radius 2 is 2.31 bits per heavy atom. The predicted octanol–water partition coefficient (Wildman–Crippen LogP) is 3.01. The zero-order valence-corrected chi connectivity index (χ0v) is 10.4. The number of aryl methyl sites for hydroxylation is 1. The van der Waals surface area contributed by atoms with Crippen molar-refractivity contribution in [2.45, 2.75) is 27.2 Å². The quantitative estimate of drug-likeness (QED) is 0.823. The van der Waals surface area contributed by atoms with E-state index >= 15 is 0 Å². The molecule has 0 aromatic carbocycles. The number of rotatable bonds is 3. The molecule has 0 atom stereocenters. The molecule has 0 unspecified atom stereocenters. The van der Waals surface area contributed by atoms with E-state index in [1.165, 1.54) is 6.07 Å². The van der Waals surface area contributed by atoms with E-state index in [4.69, 9.17) is 11.6 Å². The number of H-pyrrole nitrogens is 1. The first-order valence-corrected chi connectivity index (χ1v) is 5.53. The molecule has 86 valence electrons. The van der Waals surface area contributed by atoms with Gasteiger partial charge in [-0.05, 0) is 31.9 Å². The van der Waals surface area contributed by atoms with E-state index in [1.807, 2.05) is 19.9 Å². The van der Waals surface area contributed by atoms with Crippen molar-refractivity contribution in [3.8, 4) is 0 Å². The molecule has 1 N–H and O–H groups in total. The third-order valence-corrected chi connectivity index (χ3v) is 2.45. The van der Waals surface area contributed by atoms with Gasteiger partial charge in [-0.2, -0.15) is 0 Å². The van der Waals surface area contributed by atoms with E-state index in [0.29, 0.717) is 16.6 Å². The van der Waals surface area contributed by atoms with E-state index in [1.54, 1.807) is 13.0 Å². The molecule has 1 aromatic rings. The second-order valence-electron chi connectivity index (χ2n) is 3.56. The third-order valence-electron chi connectivity index (χ3n) is 2.00. The van der Waals surface area contributed by atoms with E-state index in [0.717, 1.165) is 12.0 Å². The molecule has 4 heteroatoms. The first-order valence-electron chi connectivity index (χ1n) is 5.15. The summed E-state index contributed by atoms with van der Waals surface area (Å²) in [4.78, 5) is 18.1. The summed E-state index contributed by atoms with van der Waals surface area (Å²) in [6, 6.07) is 1.45. The lowest BCUT2D eigenvalue weighted by molar-refractivity contribution is 1.04. The first kappa shape index (κ1) is 12.7. The molecule has 0 fully saturated rings. The maximum absolute atomic E-state index is 11.2. The summed E-state index contributed by atoms with van der Waals surface area (Å²) in [6.45, 7) is 5.69. The average Bonchev–Trinajstić information content (AvgIpc) is 2.16. The molecule has 0 spiro atoms. The van der Waals surface area contributed by atoms with Gasteiger partial charge in [-0.3, -0.25) is 4.79 Å². The Kier molecular flexibility index (Phi) is 4.50. The minimum atomic E-state index is -0.151. The van der Waals surface area contributed by atoms with E-state index in [2.05, 4.69) is 9.97 Å². The smallest absolute Gasteiger partial charge is 0.251 e. The zero-order valence-electron chi connectivity index (χ0n) is 9.67. The number of hydrogen-bond donors (Lipinski definition) is 1. The molecule has 0 amide bonds. The summed E-state index contributed by atoms with van der Waals surface area (Å²) in [5.41, 5.74) is 1.43. The predicted molar refractivity (Wildman–Crippen MR) is 67.5 cm³/mol. The Bertz CT molecular complexity index is 486. The van der Waals surface area contributed by atoms with Crippen LogP contribution in [-0.2, 0) is 0 Å². The van der Waals surface area contributed by atoms with Gasteiger partial charge in [0, 0.05) is 16.8 Å². The van der Waals surface area contributed by atoms with Crippen LogP contribution in [0.5, 0.6) is 0 Å². The van der Waals surface area contributed by atoms with Gasteiger partial charge in [-0.25, -0.2) is 4.98 Å². The zero-order chi connectivity index (χ0) is 12.1. The van der Waals surface area contributed by atoms with Crippen LogP contribution in [0.15, 0.2) is 27.5 Å². The van der Waals surface area contributed by atoms with Gasteiger partial charge in [0.1, 0.15) is 5.82 Å². The summed E-state index contributed by atoms with van der Waals surface area (Å²) in [7, 11) is 0. The molecule has 1 aromatic heterocycles. The van der Waals surface area contributed by atoms with Crippen molar-refractivity contribution in [2.24, 2.45) is 0 Å². The highest BCUT2D eigenvalue weighted by Gasteiger charge is 1.98. The van der Waals surface area contributed by atoms with Gasteiger partial charge in [-0.1, -0.05) is 24.6 Å². The van der Waals surface area contributed by atoms with Crippen molar-refractivity contribution in [2.75, 3.05) is 0 Å². The maximum atomic E-state index is 11.2. The molecule has 0 saturated heterocycles. The summed E-state index contributed by atoms with van der Waals surface area (Å²) >= 11 is 6.03. The molecule has 1 rings (SSSR count). The summed E-state index contributed by atoms with van der Waals surface area (Å²) in [5.74, 6) is 0.533. The minimum Gasteiger partial charge on any atom is -0.307 e. The molecule has 0 aliphatic heterocycles. The summed E-state index contributed by atoms with van der Waals surface area (Å²) < 4.78 is 0. The molecule has 0 radical (unpaired) electrons. The highest BCUT2D eigenvalue weighted by molar-refractivity contribution is 6.32. The van der Waals surface area contributed by atoms with Crippen molar-refractivity contribution in [3.63, 3.8) is 0 Å². The molecule has 1 heterocycles. The fourth-order valence-corrected chi connectivity index (χ4v) is 1.49. The molecular weight excluding hydrogens is 224 g/mol. The lowest BCUT2D eigenvalue weighted by Crippen LogP contribution is -2.08. The van der Waals surface area contributed by atoms with E-state index < -0.39 is 0 Å². The number of aromatic amines is 1. The highest BCUT2D eigenvalue weighted by atomic mass is 35.5. The van der Waals surface area contributed by atoms with Crippen LogP contribution in [0.25, 0.3) is 6.08 Å². The van der Waals surface area contributed by atoms with Crippen LogP contribution in [0.4, 0.5) is 0 Å². The van der Waals surface area contributed by atoms with Crippen LogP contribution in [0.3, 0.4) is 0 Å². The van der Waals surface area contributed by atoms with E-state index in [-0.39, 0.29) is 5.56 Å². The number of nitrogens with one attached hydrogen (secondary N) is 1. The van der Waals surface area contributed by atoms with Crippen LogP contribution >= 0.6 is 11.6 Å². The van der Waals surface area contributed by atoms with E-state index in [9.17, 15) is 4.79 Å².